The van der Waals surface area contributed by atoms with Crippen LogP contribution in [-0.2, 0) is 6.54 Å². The summed E-state index contributed by atoms with van der Waals surface area (Å²) in [6, 6.07) is 14.9. The zero-order chi connectivity index (χ0) is 19.0. The Bertz CT molecular complexity index is 710. The lowest BCUT2D eigenvalue weighted by atomic mass is 10.2. The molecule has 1 atom stereocenters. The number of aliphatic imine (C=N–C) groups is 1. The van der Waals surface area contributed by atoms with E-state index in [0.717, 1.165) is 5.75 Å². The van der Waals surface area contributed by atoms with Gasteiger partial charge >= 0.3 is 6.36 Å². The Morgan fingerprint density at radius 1 is 1.07 bits per heavy atom. The van der Waals surface area contributed by atoms with Crippen molar-refractivity contribution in [2.75, 3.05) is 6.54 Å². The van der Waals surface area contributed by atoms with E-state index in [0.29, 0.717) is 12.1 Å². The Balaban J connectivity index is 0.00000364. The van der Waals surface area contributed by atoms with E-state index in [1.807, 2.05) is 37.3 Å². The Kier molecular flexibility index (Phi) is 9.19. The molecule has 1 unspecified atom stereocenters. The Morgan fingerprint density at radius 3 is 2.30 bits per heavy atom. The summed E-state index contributed by atoms with van der Waals surface area (Å²) in [5, 5.41) is 2.94. The van der Waals surface area contributed by atoms with Gasteiger partial charge in [0, 0.05) is 0 Å². The Labute approximate surface area is 172 Å². The number of benzene rings is 2. The zero-order valence-electron chi connectivity index (χ0n) is 14.6. The van der Waals surface area contributed by atoms with Gasteiger partial charge in [-0.3, -0.25) is 0 Å². The fraction of sp³-hybridized carbons (Fsp3) is 0.278. The molecule has 2 aromatic carbocycles. The minimum absolute atomic E-state index is 0. The summed E-state index contributed by atoms with van der Waals surface area (Å²) in [7, 11) is 0. The number of nitrogens with one attached hydrogen (secondary N) is 1. The van der Waals surface area contributed by atoms with Gasteiger partial charge in [0.2, 0.25) is 0 Å². The second-order valence-electron chi connectivity index (χ2n) is 5.52. The quantitative estimate of drug-likeness (QED) is 0.345. The monoisotopic (exact) mass is 495 g/mol. The molecule has 0 aliphatic heterocycles. The molecular weight excluding hydrogens is 474 g/mol. The van der Waals surface area contributed by atoms with Crippen LogP contribution >= 0.6 is 24.0 Å². The van der Waals surface area contributed by atoms with Gasteiger partial charge in [-0.25, -0.2) is 4.99 Å². The average Bonchev–Trinajstić information content (AvgIpc) is 2.59. The number of rotatable bonds is 7. The number of ether oxygens (including phenoxy) is 2. The number of hydrogen-bond acceptors (Lipinski definition) is 3. The number of hydrogen-bond donors (Lipinski definition) is 2. The van der Waals surface area contributed by atoms with E-state index in [1.54, 1.807) is 0 Å². The van der Waals surface area contributed by atoms with Gasteiger partial charge in [-0.05, 0) is 36.8 Å². The van der Waals surface area contributed by atoms with Crippen molar-refractivity contribution in [3.05, 3.63) is 60.2 Å². The lowest BCUT2D eigenvalue weighted by Crippen LogP contribution is -2.38. The van der Waals surface area contributed by atoms with Gasteiger partial charge in [-0.1, -0.05) is 30.3 Å². The molecular formula is C18H21F3IN3O2. The highest BCUT2D eigenvalue weighted by molar-refractivity contribution is 14.0. The summed E-state index contributed by atoms with van der Waals surface area (Å²) in [5.41, 5.74) is 6.49. The van der Waals surface area contributed by atoms with Crippen LogP contribution in [-0.4, -0.2) is 25.0 Å². The van der Waals surface area contributed by atoms with Crippen LogP contribution in [0.2, 0.25) is 0 Å². The molecule has 0 spiro atoms. The van der Waals surface area contributed by atoms with Crippen molar-refractivity contribution >= 4 is 29.9 Å². The molecule has 0 aliphatic rings. The number of halogens is 4. The van der Waals surface area contributed by atoms with Gasteiger partial charge in [0.1, 0.15) is 17.6 Å². The highest BCUT2D eigenvalue weighted by atomic mass is 127. The van der Waals surface area contributed by atoms with E-state index < -0.39 is 6.36 Å². The molecule has 27 heavy (non-hydrogen) atoms. The number of guanidine groups is 1. The van der Waals surface area contributed by atoms with E-state index in [1.165, 1.54) is 24.3 Å². The summed E-state index contributed by atoms with van der Waals surface area (Å²) >= 11 is 0. The minimum atomic E-state index is -4.70. The molecule has 0 saturated carbocycles. The summed E-state index contributed by atoms with van der Waals surface area (Å²) in [6.07, 6.45) is -4.82. The Morgan fingerprint density at radius 2 is 1.70 bits per heavy atom. The van der Waals surface area contributed by atoms with Gasteiger partial charge in [0.25, 0.3) is 0 Å². The highest BCUT2D eigenvalue weighted by Crippen LogP contribution is 2.22. The van der Waals surface area contributed by atoms with Crippen molar-refractivity contribution < 1.29 is 22.6 Å². The molecule has 0 heterocycles. The van der Waals surface area contributed by atoms with E-state index in [9.17, 15) is 13.2 Å². The maximum Gasteiger partial charge on any atom is 0.573 e. The number of alkyl halides is 3. The third-order valence-corrected chi connectivity index (χ3v) is 3.24. The highest BCUT2D eigenvalue weighted by Gasteiger charge is 2.30. The minimum Gasteiger partial charge on any atom is -0.489 e. The third kappa shape index (κ3) is 9.36. The standard InChI is InChI=1S/C18H20F3N3O2.HI/c1-13(25-15-5-3-2-4-6-15)11-23-17(22)24-12-14-7-9-16(10-8-14)26-18(19,20)21;/h2-10,13H,11-12H2,1H3,(H3,22,23,24);1H. The largest absolute Gasteiger partial charge is 0.573 e. The van der Waals surface area contributed by atoms with Crippen molar-refractivity contribution in [3.8, 4) is 11.5 Å². The predicted molar refractivity (Wildman–Crippen MR) is 108 cm³/mol. The first-order valence-electron chi connectivity index (χ1n) is 7.92. The Hall–Kier alpha value is -2.17. The molecule has 2 aromatic rings. The first-order chi connectivity index (χ1) is 12.3. The average molecular weight is 495 g/mol. The van der Waals surface area contributed by atoms with Crippen LogP contribution in [0.4, 0.5) is 13.2 Å². The second kappa shape index (κ2) is 10.9. The van der Waals surface area contributed by atoms with Crippen LogP contribution in [0.1, 0.15) is 12.5 Å². The SMILES string of the molecule is CC(CNC(N)=NCc1ccc(OC(F)(F)F)cc1)Oc1ccccc1.I. The van der Waals surface area contributed by atoms with Crippen molar-refractivity contribution in [3.63, 3.8) is 0 Å². The number of nitrogens with zero attached hydrogens (tertiary/aromatic N) is 1. The van der Waals surface area contributed by atoms with Crippen LogP contribution in [0.25, 0.3) is 0 Å². The normalized spacial score (nSPS) is 12.7. The summed E-state index contributed by atoms with van der Waals surface area (Å²) in [4.78, 5) is 4.14. The van der Waals surface area contributed by atoms with Crippen molar-refractivity contribution in [2.24, 2.45) is 10.7 Å². The van der Waals surface area contributed by atoms with Crippen LogP contribution < -0.4 is 20.5 Å². The molecule has 2 rings (SSSR count). The van der Waals surface area contributed by atoms with Gasteiger partial charge < -0.3 is 20.5 Å². The van der Waals surface area contributed by atoms with Crippen LogP contribution in [0.3, 0.4) is 0 Å². The molecule has 0 amide bonds. The van der Waals surface area contributed by atoms with Crippen molar-refractivity contribution in [1.82, 2.24) is 5.32 Å². The van der Waals surface area contributed by atoms with Crippen LogP contribution in [0, 0.1) is 0 Å². The number of para-hydroxylation sites is 1. The molecule has 0 saturated heterocycles. The van der Waals surface area contributed by atoms with Crippen molar-refractivity contribution in [1.29, 1.82) is 0 Å². The van der Waals surface area contributed by atoms with E-state index >= 15 is 0 Å². The maximum atomic E-state index is 12.1. The summed E-state index contributed by atoms with van der Waals surface area (Å²) in [5.74, 6) is 0.714. The van der Waals surface area contributed by atoms with Gasteiger partial charge in [-0.15, -0.1) is 37.1 Å². The van der Waals surface area contributed by atoms with Crippen LogP contribution in [0.15, 0.2) is 59.6 Å². The molecule has 148 valence electrons. The molecule has 9 heteroatoms. The molecule has 0 fully saturated rings. The van der Waals surface area contributed by atoms with E-state index in [4.69, 9.17) is 10.5 Å². The fourth-order valence-electron chi connectivity index (χ4n) is 2.05. The lowest BCUT2D eigenvalue weighted by molar-refractivity contribution is -0.274. The third-order valence-electron chi connectivity index (χ3n) is 3.24. The number of nitrogens with two attached hydrogens (primary N) is 1. The van der Waals surface area contributed by atoms with Gasteiger partial charge in [0.15, 0.2) is 5.96 Å². The summed E-state index contributed by atoms with van der Waals surface area (Å²) < 4.78 is 45.8. The fourth-order valence-corrected chi connectivity index (χ4v) is 2.05. The predicted octanol–water partition coefficient (Wildman–Crippen LogP) is 4.08. The van der Waals surface area contributed by atoms with Gasteiger partial charge in [-0.2, -0.15) is 0 Å². The van der Waals surface area contributed by atoms with Crippen LogP contribution in [0.5, 0.6) is 11.5 Å². The van der Waals surface area contributed by atoms with Gasteiger partial charge in [0.05, 0.1) is 13.1 Å². The van der Waals surface area contributed by atoms with E-state index in [-0.39, 0.29) is 48.3 Å². The first-order valence-corrected chi connectivity index (χ1v) is 7.92. The first kappa shape index (κ1) is 22.9. The lowest BCUT2D eigenvalue weighted by Gasteiger charge is -2.15. The molecule has 5 nitrogen and oxygen atoms in total. The molecule has 0 aromatic heterocycles. The smallest absolute Gasteiger partial charge is 0.489 e. The summed E-state index contributed by atoms with van der Waals surface area (Å²) in [6.45, 7) is 2.59. The molecule has 0 aliphatic carbocycles. The second-order valence-corrected chi connectivity index (χ2v) is 5.52. The van der Waals surface area contributed by atoms with E-state index in [2.05, 4.69) is 15.0 Å². The maximum absolute atomic E-state index is 12.1. The molecule has 0 radical (unpaired) electrons. The topological polar surface area (TPSA) is 68.9 Å². The zero-order valence-corrected chi connectivity index (χ0v) is 16.9. The van der Waals surface area contributed by atoms with Crippen molar-refractivity contribution in [2.45, 2.75) is 25.9 Å². The molecule has 0 bridgehead atoms. The molecule has 3 N–H and O–H groups in total.